The summed E-state index contributed by atoms with van der Waals surface area (Å²) in [6.45, 7) is 6.85. The van der Waals surface area contributed by atoms with Gasteiger partial charge in [-0.3, -0.25) is 4.79 Å². The number of carbonyl (C=O) groups is 1. The van der Waals surface area contributed by atoms with Crippen LogP contribution in [0.3, 0.4) is 0 Å². The Balaban J connectivity index is 0.00000192. The number of halogens is 2. The van der Waals surface area contributed by atoms with Crippen molar-refractivity contribution in [2.75, 3.05) is 11.9 Å². The summed E-state index contributed by atoms with van der Waals surface area (Å²) in [6.07, 6.45) is 2.01. The number of hydrogen-bond donors (Lipinski definition) is 2. The number of amides is 1. The molecule has 0 aromatic heterocycles. The predicted octanol–water partition coefficient (Wildman–Crippen LogP) is 3.65. The summed E-state index contributed by atoms with van der Waals surface area (Å²) in [7, 11) is 0. The van der Waals surface area contributed by atoms with Crippen LogP contribution in [0, 0.1) is 18.3 Å². The average molecular weight is 404 g/mol. The summed E-state index contributed by atoms with van der Waals surface area (Å²) in [5, 5.41) is 2.99. The second-order valence-corrected chi connectivity index (χ2v) is 7.90. The zero-order valence-corrected chi connectivity index (χ0v) is 16.1. The van der Waals surface area contributed by atoms with E-state index in [9.17, 15) is 4.79 Å². The van der Waals surface area contributed by atoms with Gasteiger partial charge in [0.05, 0.1) is 6.10 Å². The van der Waals surface area contributed by atoms with Gasteiger partial charge in [-0.05, 0) is 37.5 Å². The van der Waals surface area contributed by atoms with Gasteiger partial charge in [0.15, 0.2) is 0 Å². The Morgan fingerprint density at radius 3 is 2.78 bits per heavy atom. The Hall–Kier alpha value is -0.620. The van der Waals surface area contributed by atoms with E-state index in [4.69, 9.17) is 10.5 Å². The topological polar surface area (TPSA) is 64.4 Å². The van der Waals surface area contributed by atoms with Crippen molar-refractivity contribution in [2.45, 2.75) is 45.3 Å². The minimum atomic E-state index is -0.880. The monoisotopic (exact) mass is 402 g/mol. The molecule has 0 bridgehead atoms. The first kappa shape index (κ1) is 18.7. The van der Waals surface area contributed by atoms with Gasteiger partial charge in [0.25, 0.3) is 0 Å². The number of aryl methyl sites for hydroxylation is 1. The van der Waals surface area contributed by atoms with Crippen molar-refractivity contribution >= 4 is 39.9 Å². The minimum Gasteiger partial charge on any atom is -0.377 e. The Labute approximate surface area is 152 Å². The van der Waals surface area contributed by atoms with E-state index in [0.717, 1.165) is 35.2 Å². The molecule has 0 radical (unpaired) electrons. The summed E-state index contributed by atoms with van der Waals surface area (Å²) < 4.78 is 6.83. The fraction of sp³-hybridized carbons (Fsp3) is 0.588. The third-order valence-corrected chi connectivity index (χ3v) is 6.34. The highest BCUT2D eigenvalue weighted by atomic mass is 79.9. The quantitative estimate of drug-likeness (QED) is 0.792. The number of hydrogen-bond acceptors (Lipinski definition) is 3. The van der Waals surface area contributed by atoms with Crippen molar-refractivity contribution in [3.8, 4) is 0 Å². The largest absolute Gasteiger partial charge is 0.377 e. The molecule has 3 rings (SSSR count). The van der Waals surface area contributed by atoms with Gasteiger partial charge in [0.1, 0.15) is 5.54 Å². The standard InChI is InChI=1S/C17H23BrN2O2.ClH/c1-10-6-7-11(9-13(10)18)20-15(21)17(19)12-5-4-8-22-14(12)16(17,2)3;/h6-7,9,12,14H,4-5,8,19H2,1-3H3,(H,20,21);1H. The van der Waals surface area contributed by atoms with E-state index in [2.05, 4.69) is 21.2 Å². The number of ether oxygens (including phenoxy) is 1. The lowest BCUT2D eigenvalue weighted by atomic mass is 9.46. The molecule has 1 aliphatic heterocycles. The number of nitrogens with one attached hydrogen (secondary N) is 1. The molecule has 23 heavy (non-hydrogen) atoms. The van der Waals surface area contributed by atoms with E-state index in [1.165, 1.54) is 0 Å². The zero-order valence-electron chi connectivity index (χ0n) is 13.7. The predicted molar refractivity (Wildman–Crippen MR) is 97.9 cm³/mol. The second-order valence-electron chi connectivity index (χ2n) is 7.05. The van der Waals surface area contributed by atoms with Crippen molar-refractivity contribution in [1.82, 2.24) is 0 Å². The maximum absolute atomic E-state index is 12.9. The highest BCUT2D eigenvalue weighted by molar-refractivity contribution is 9.10. The normalized spacial score (nSPS) is 31.3. The fourth-order valence-electron chi connectivity index (χ4n) is 3.94. The van der Waals surface area contributed by atoms with Crippen molar-refractivity contribution in [2.24, 2.45) is 17.1 Å². The zero-order chi connectivity index (χ0) is 16.1. The maximum Gasteiger partial charge on any atom is 0.245 e. The second kappa shape index (κ2) is 6.36. The van der Waals surface area contributed by atoms with Crippen molar-refractivity contribution < 1.29 is 9.53 Å². The summed E-state index contributed by atoms with van der Waals surface area (Å²) >= 11 is 3.49. The molecule has 0 spiro atoms. The lowest BCUT2D eigenvalue weighted by Crippen LogP contribution is -2.81. The first-order valence-corrected chi connectivity index (χ1v) is 8.56. The molecule has 1 aromatic carbocycles. The number of rotatable bonds is 2. The number of anilines is 1. The highest BCUT2D eigenvalue weighted by Crippen LogP contribution is 2.57. The van der Waals surface area contributed by atoms with Crippen LogP contribution in [-0.4, -0.2) is 24.2 Å². The molecular formula is C17H24BrClN2O2. The van der Waals surface area contributed by atoms with Crippen molar-refractivity contribution in [3.05, 3.63) is 28.2 Å². The molecule has 1 aromatic rings. The lowest BCUT2D eigenvalue weighted by molar-refractivity contribution is -0.222. The van der Waals surface area contributed by atoms with Crippen molar-refractivity contribution in [1.29, 1.82) is 0 Å². The van der Waals surface area contributed by atoms with Gasteiger partial charge in [0.2, 0.25) is 5.91 Å². The van der Waals surface area contributed by atoms with Crippen LogP contribution >= 0.6 is 28.3 Å². The highest BCUT2D eigenvalue weighted by Gasteiger charge is 2.70. The average Bonchev–Trinajstić information content (AvgIpc) is 2.50. The molecule has 1 amide bonds. The Bertz CT molecular complexity index is 623. The van der Waals surface area contributed by atoms with Gasteiger partial charge in [-0.1, -0.05) is 35.8 Å². The van der Waals surface area contributed by atoms with Crippen LogP contribution in [0.5, 0.6) is 0 Å². The van der Waals surface area contributed by atoms with Gasteiger partial charge in [-0.2, -0.15) is 0 Å². The van der Waals surface area contributed by atoms with E-state index in [-0.39, 0.29) is 35.8 Å². The third-order valence-electron chi connectivity index (χ3n) is 5.49. The number of carbonyl (C=O) groups excluding carboxylic acids is 1. The molecule has 3 N–H and O–H groups in total. The SMILES string of the molecule is Cc1ccc(NC(=O)C2(N)C3CCCOC3C2(C)C)cc1Br.Cl. The molecule has 3 atom stereocenters. The van der Waals surface area contributed by atoms with E-state index in [0.29, 0.717) is 0 Å². The van der Waals surface area contributed by atoms with Crippen molar-refractivity contribution in [3.63, 3.8) is 0 Å². The first-order chi connectivity index (χ1) is 10.3. The minimum absolute atomic E-state index is 0. The molecule has 128 valence electrons. The van der Waals surface area contributed by atoms with Crippen LogP contribution < -0.4 is 11.1 Å². The Morgan fingerprint density at radius 1 is 1.43 bits per heavy atom. The van der Waals surface area contributed by atoms with Gasteiger partial charge in [-0.25, -0.2) is 0 Å². The van der Waals surface area contributed by atoms with Gasteiger partial charge in [0, 0.05) is 28.1 Å². The van der Waals surface area contributed by atoms with Gasteiger partial charge < -0.3 is 15.8 Å². The van der Waals surface area contributed by atoms with Crippen LogP contribution in [0.25, 0.3) is 0 Å². The van der Waals surface area contributed by atoms with Crippen LogP contribution in [0.2, 0.25) is 0 Å². The summed E-state index contributed by atoms with van der Waals surface area (Å²) in [4.78, 5) is 12.9. The van der Waals surface area contributed by atoms with Crippen LogP contribution in [0.15, 0.2) is 22.7 Å². The van der Waals surface area contributed by atoms with Crippen LogP contribution in [0.4, 0.5) is 5.69 Å². The number of nitrogens with two attached hydrogens (primary N) is 1. The fourth-order valence-corrected chi connectivity index (χ4v) is 4.32. The molecular weight excluding hydrogens is 380 g/mol. The maximum atomic E-state index is 12.9. The smallest absolute Gasteiger partial charge is 0.245 e. The molecule has 1 heterocycles. The van der Waals surface area contributed by atoms with Gasteiger partial charge in [-0.15, -0.1) is 12.4 Å². The van der Waals surface area contributed by atoms with E-state index in [1.54, 1.807) is 0 Å². The Morgan fingerprint density at radius 2 is 2.13 bits per heavy atom. The lowest BCUT2D eigenvalue weighted by Gasteiger charge is -2.65. The summed E-state index contributed by atoms with van der Waals surface area (Å²) in [5.41, 5.74) is 7.25. The van der Waals surface area contributed by atoms with Gasteiger partial charge >= 0.3 is 0 Å². The molecule has 4 nitrogen and oxygen atoms in total. The van der Waals surface area contributed by atoms with Crippen LogP contribution in [-0.2, 0) is 9.53 Å². The molecule has 1 saturated carbocycles. The third kappa shape index (κ3) is 2.72. The molecule has 2 fully saturated rings. The number of benzene rings is 1. The summed E-state index contributed by atoms with van der Waals surface area (Å²) in [6, 6.07) is 5.79. The molecule has 3 unspecified atom stereocenters. The van der Waals surface area contributed by atoms with E-state index >= 15 is 0 Å². The molecule has 6 heteroatoms. The molecule has 2 aliphatic rings. The summed E-state index contributed by atoms with van der Waals surface area (Å²) in [5.74, 6) is -0.00913. The number of fused-ring (bicyclic) bond motifs is 1. The van der Waals surface area contributed by atoms with E-state index in [1.807, 2.05) is 39.0 Å². The van der Waals surface area contributed by atoms with E-state index < -0.39 is 5.54 Å². The Kier molecular flexibility index (Phi) is 5.17. The van der Waals surface area contributed by atoms with Crippen LogP contribution in [0.1, 0.15) is 32.3 Å². The molecule has 1 aliphatic carbocycles. The molecule has 1 saturated heterocycles. The first-order valence-electron chi connectivity index (χ1n) is 7.76.